The fourth-order valence-electron chi connectivity index (χ4n) is 2.68. The average Bonchev–Trinajstić information content (AvgIpc) is 2.43. The van der Waals surface area contributed by atoms with Gasteiger partial charge in [-0.3, -0.25) is 9.59 Å². The highest BCUT2D eigenvalue weighted by atomic mass is 16.3. The first-order valence-electron chi connectivity index (χ1n) is 7.96. The van der Waals surface area contributed by atoms with Gasteiger partial charge in [-0.15, -0.1) is 0 Å². The van der Waals surface area contributed by atoms with Crippen LogP contribution in [0.15, 0.2) is 0 Å². The van der Waals surface area contributed by atoms with Crippen molar-refractivity contribution in [3.63, 3.8) is 0 Å². The molecule has 0 aliphatic carbocycles. The first kappa shape index (κ1) is 18.0. The molecule has 1 aliphatic heterocycles. The van der Waals surface area contributed by atoms with Crippen LogP contribution in [0.2, 0.25) is 0 Å². The molecule has 1 saturated heterocycles. The van der Waals surface area contributed by atoms with Crippen molar-refractivity contribution in [2.75, 3.05) is 19.7 Å². The summed E-state index contributed by atoms with van der Waals surface area (Å²) in [5, 5.41) is 11.8. The van der Waals surface area contributed by atoms with E-state index in [1.165, 1.54) is 0 Å². The topological polar surface area (TPSA) is 69.6 Å². The molecule has 2 unspecified atom stereocenters. The number of aliphatic hydroxyl groups is 1. The molecule has 21 heavy (non-hydrogen) atoms. The molecule has 2 amide bonds. The Hall–Kier alpha value is -1.10. The van der Waals surface area contributed by atoms with Gasteiger partial charge < -0.3 is 15.3 Å². The fourth-order valence-corrected chi connectivity index (χ4v) is 2.68. The number of hydrogen-bond donors (Lipinski definition) is 2. The number of piperidine rings is 1. The Morgan fingerprint density at radius 3 is 2.62 bits per heavy atom. The van der Waals surface area contributed by atoms with Crippen LogP contribution in [0.25, 0.3) is 0 Å². The summed E-state index contributed by atoms with van der Waals surface area (Å²) >= 11 is 0. The van der Waals surface area contributed by atoms with Gasteiger partial charge in [0, 0.05) is 31.2 Å². The summed E-state index contributed by atoms with van der Waals surface area (Å²) in [6.45, 7) is 9.11. The lowest BCUT2D eigenvalue weighted by Crippen LogP contribution is -2.49. The number of aliphatic hydroxyl groups excluding tert-OH is 1. The fraction of sp³-hybridized carbons (Fsp3) is 0.875. The molecule has 0 bridgehead atoms. The first-order chi connectivity index (χ1) is 9.75. The summed E-state index contributed by atoms with van der Waals surface area (Å²) in [5.41, 5.74) is -0.396. The van der Waals surface area contributed by atoms with E-state index in [9.17, 15) is 9.59 Å². The summed E-state index contributed by atoms with van der Waals surface area (Å²) in [7, 11) is 0. The number of carbonyl (C=O) groups excluding carboxylic acids is 2. The number of rotatable bonds is 5. The lowest BCUT2D eigenvalue weighted by molar-refractivity contribution is -0.142. The molecular formula is C16H30N2O3. The number of hydrogen-bond acceptors (Lipinski definition) is 3. The van der Waals surface area contributed by atoms with E-state index < -0.39 is 5.41 Å². The monoisotopic (exact) mass is 298 g/mol. The molecule has 0 saturated carbocycles. The van der Waals surface area contributed by atoms with E-state index in [1.54, 1.807) is 0 Å². The van der Waals surface area contributed by atoms with Crippen LogP contribution in [-0.2, 0) is 9.59 Å². The van der Waals surface area contributed by atoms with E-state index in [-0.39, 0.29) is 30.4 Å². The molecular weight excluding hydrogens is 268 g/mol. The Kier molecular flexibility index (Phi) is 6.65. The largest absolute Gasteiger partial charge is 0.396 e. The van der Waals surface area contributed by atoms with Crippen LogP contribution < -0.4 is 5.32 Å². The molecule has 2 N–H and O–H groups in total. The van der Waals surface area contributed by atoms with E-state index in [0.29, 0.717) is 13.0 Å². The predicted molar refractivity (Wildman–Crippen MR) is 82.7 cm³/mol. The number of carbonyl (C=O) groups is 2. The van der Waals surface area contributed by atoms with Gasteiger partial charge in [-0.1, -0.05) is 20.8 Å². The normalized spacial score (nSPS) is 21.0. The molecule has 1 heterocycles. The van der Waals surface area contributed by atoms with Crippen molar-refractivity contribution >= 4 is 11.8 Å². The first-order valence-corrected chi connectivity index (χ1v) is 7.96. The second-order valence-electron chi connectivity index (χ2n) is 7.12. The van der Waals surface area contributed by atoms with Crippen molar-refractivity contribution < 1.29 is 14.7 Å². The molecule has 1 fully saturated rings. The number of amides is 2. The maximum Gasteiger partial charge on any atom is 0.227 e. The van der Waals surface area contributed by atoms with Crippen LogP contribution in [0, 0.1) is 11.3 Å². The lowest BCUT2D eigenvalue weighted by atomic mass is 9.90. The van der Waals surface area contributed by atoms with Crippen LogP contribution >= 0.6 is 0 Å². The number of nitrogens with one attached hydrogen (secondary N) is 1. The molecule has 5 heteroatoms. The standard InChI is InChI=1S/C16H30N2O3/c1-12(7-6-10-19)17-14(20)13-8-5-9-18(11-13)15(21)16(2,3)4/h12-13,19H,5-11H2,1-4H3,(H,17,20). The molecule has 1 aliphatic rings. The Morgan fingerprint density at radius 1 is 1.38 bits per heavy atom. The lowest BCUT2D eigenvalue weighted by Gasteiger charge is -2.36. The Bertz CT molecular complexity index is 363. The quantitative estimate of drug-likeness (QED) is 0.809. The van der Waals surface area contributed by atoms with Gasteiger partial charge in [-0.05, 0) is 32.6 Å². The Labute approximate surface area is 128 Å². The van der Waals surface area contributed by atoms with Gasteiger partial charge in [-0.2, -0.15) is 0 Å². The highest BCUT2D eigenvalue weighted by Crippen LogP contribution is 2.23. The van der Waals surface area contributed by atoms with Gasteiger partial charge in [-0.25, -0.2) is 0 Å². The molecule has 122 valence electrons. The molecule has 0 radical (unpaired) electrons. The summed E-state index contributed by atoms with van der Waals surface area (Å²) in [6, 6.07) is 0.0679. The van der Waals surface area contributed by atoms with E-state index in [2.05, 4.69) is 5.32 Å². The van der Waals surface area contributed by atoms with E-state index in [0.717, 1.165) is 25.8 Å². The van der Waals surface area contributed by atoms with Crippen molar-refractivity contribution in [3.8, 4) is 0 Å². The zero-order valence-electron chi connectivity index (χ0n) is 13.8. The van der Waals surface area contributed by atoms with Gasteiger partial charge in [0.15, 0.2) is 0 Å². The maximum absolute atomic E-state index is 12.3. The highest BCUT2D eigenvalue weighted by Gasteiger charge is 2.33. The van der Waals surface area contributed by atoms with Crippen LogP contribution in [0.3, 0.4) is 0 Å². The van der Waals surface area contributed by atoms with E-state index in [1.807, 2.05) is 32.6 Å². The maximum atomic E-state index is 12.3. The van der Waals surface area contributed by atoms with Crippen molar-refractivity contribution in [2.45, 2.75) is 59.4 Å². The van der Waals surface area contributed by atoms with Crippen LogP contribution in [0.5, 0.6) is 0 Å². The molecule has 0 aromatic heterocycles. The minimum atomic E-state index is -0.396. The highest BCUT2D eigenvalue weighted by molar-refractivity contribution is 5.84. The van der Waals surface area contributed by atoms with Gasteiger partial charge in [0.1, 0.15) is 0 Å². The molecule has 0 aromatic carbocycles. The summed E-state index contributed by atoms with van der Waals surface area (Å²) in [4.78, 5) is 26.4. The summed E-state index contributed by atoms with van der Waals surface area (Å²) in [6.07, 6.45) is 3.19. The third kappa shape index (κ3) is 5.65. The van der Waals surface area contributed by atoms with Gasteiger partial charge in [0.2, 0.25) is 11.8 Å². The number of nitrogens with zero attached hydrogens (tertiary/aromatic N) is 1. The molecule has 0 aromatic rings. The van der Waals surface area contributed by atoms with Gasteiger partial charge >= 0.3 is 0 Å². The Balaban J connectivity index is 2.52. The summed E-state index contributed by atoms with van der Waals surface area (Å²) < 4.78 is 0. The average molecular weight is 298 g/mol. The second-order valence-corrected chi connectivity index (χ2v) is 7.12. The zero-order valence-corrected chi connectivity index (χ0v) is 13.8. The molecule has 5 nitrogen and oxygen atoms in total. The van der Waals surface area contributed by atoms with Crippen molar-refractivity contribution in [2.24, 2.45) is 11.3 Å². The molecule has 0 spiro atoms. The zero-order chi connectivity index (χ0) is 16.0. The van der Waals surface area contributed by atoms with Gasteiger partial charge in [0.05, 0.1) is 5.92 Å². The predicted octanol–water partition coefficient (Wildman–Crippen LogP) is 1.55. The van der Waals surface area contributed by atoms with Crippen molar-refractivity contribution in [3.05, 3.63) is 0 Å². The third-order valence-electron chi connectivity index (χ3n) is 3.90. The molecule has 1 rings (SSSR count). The minimum Gasteiger partial charge on any atom is -0.396 e. The van der Waals surface area contributed by atoms with Crippen molar-refractivity contribution in [1.82, 2.24) is 10.2 Å². The van der Waals surface area contributed by atoms with Crippen LogP contribution in [0.1, 0.15) is 53.4 Å². The van der Waals surface area contributed by atoms with Crippen LogP contribution in [0.4, 0.5) is 0 Å². The summed E-state index contributed by atoms with van der Waals surface area (Å²) in [5.74, 6) is 0.0433. The molecule has 2 atom stereocenters. The second kappa shape index (κ2) is 7.78. The van der Waals surface area contributed by atoms with E-state index in [4.69, 9.17) is 5.11 Å². The minimum absolute atomic E-state index is 0.0341. The van der Waals surface area contributed by atoms with E-state index >= 15 is 0 Å². The van der Waals surface area contributed by atoms with Crippen LogP contribution in [-0.4, -0.2) is 47.6 Å². The SMILES string of the molecule is CC(CCCO)NC(=O)C1CCCN(C(=O)C(C)(C)C)C1. The smallest absolute Gasteiger partial charge is 0.227 e. The van der Waals surface area contributed by atoms with Gasteiger partial charge in [0.25, 0.3) is 0 Å². The Morgan fingerprint density at radius 2 is 2.05 bits per heavy atom. The third-order valence-corrected chi connectivity index (χ3v) is 3.90. The number of likely N-dealkylation sites (tertiary alicyclic amines) is 1. The van der Waals surface area contributed by atoms with Crippen molar-refractivity contribution in [1.29, 1.82) is 0 Å².